The molecule has 0 saturated carbocycles. The Morgan fingerprint density at radius 3 is 2.23 bits per heavy atom. The first kappa shape index (κ1) is 9.53. The van der Waals surface area contributed by atoms with Crippen LogP contribution in [-0.2, 0) is 7.05 Å². The molecule has 0 saturated heterocycles. The highest BCUT2D eigenvalue weighted by Crippen LogP contribution is 2.11. The second kappa shape index (κ2) is 3.06. The standard InChI is InChI=1S/C10H12N2O/c1-6-7(2)9(5-11)10(13)12(4)8(6)3/h1-4H3. The van der Waals surface area contributed by atoms with Crippen molar-refractivity contribution >= 4 is 0 Å². The van der Waals surface area contributed by atoms with Gasteiger partial charge in [-0.05, 0) is 31.9 Å². The number of pyridine rings is 1. The van der Waals surface area contributed by atoms with Gasteiger partial charge in [-0.15, -0.1) is 0 Å². The Morgan fingerprint density at radius 1 is 1.23 bits per heavy atom. The predicted octanol–water partition coefficient (Wildman–Crippen LogP) is 1.18. The number of aromatic nitrogens is 1. The van der Waals surface area contributed by atoms with Gasteiger partial charge in [-0.3, -0.25) is 4.79 Å². The third-order valence-electron chi connectivity index (χ3n) is 2.61. The molecule has 0 aliphatic heterocycles. The highest BCUT2D eigenvalue weighted by atomic mass is 16.1. The average Bonchev–Trinajstić information content (AvgIpc) is 2.13. The summed E-state index contributed by atoms with van der Waals surface area (Å²) in [6.45, 7) is 5.61. The van der Waals surface area contributed by atoms with Crippen molar-refractivity contribution in [2.45, 2.75) is 20.8 Å². The van der Waals surface area contributed by atoms with Crippen molar-refractivity contribution in [2.75, 3.05) is 0 Å². The molecule has 0 radical (unpaired) electrons. The van der Waals surface area contributed by atoms with E-state index in [2.05, 4.69) is 0 Å². The second-order valence-electron chi connectivity index (χ2n) is 3.19. The molecule has 13 heavy (non-hydrogen) atoms. The number of hydrogen-bond donors (Lipinski definition) is 0. The molecule has 0 unspecified atom stereocenters. The number of nitriles is 1. The fourth-order valence-electron chi connectivity index (χ4n) is 1.32. The highest BCUT2D eigenvalue weighted by Gasteiger charge is 2.10. The molecule has 0 aliphatic carbocycles. The van der Waals surface area contributed by atoms with Crippen molar-refractivity contribution in [3.05, 3.63) is 32.7 Å². The molecule has 0 bridgehead atoms. The minimum Gasteiger partial charge on any atom is -0.315 e. The highest BCUT2D eigenvalue weighted by molar-refractivity contribution is 5.41. The normalized spacial score (nSPS) is 9.77. The van der Waals surface area contributed by atoms with E-state index in [0.717, 1.165) is 16.8 Å². The second-order valence-corrected chi connectivity index (χ2v) is 3.19. The monoisotopic (exact) mass is 176 g/mol. The van der Waals surface area contributed by atoms with Gasteiger partial charge in [0.15, 0.2) is 0 Å². The summed E-state index contributed by atoms with van der Waals surface area (Å²) in [5.74, 6) is 0. The summed E-state index contributed by atoms with van der Waals surface area (Å²) in [7, 11) is 1.69. The van der Waals surface area contributed by atoms with Crippen LogP contribution in [0.25, 0.3) is 0 Å². The van der Waals surface area contributed by atoms with Crippen molar-refractivity contribution in [3.8, 4) is 6.07 Å². The molecule has 3 nitrogen and oxygen atoms in total. The maximum absolute atomic E-state index is 11.5. The van der Waals surface area contributed by atoms with Crippen molar-refractivity contribution in [1.29, 1.82) is 5.26 Å². The first-order valence-electron chi connectivity index (χ1n) is 4.07. The maximum atomic E-state index is 11.5. The molecular weight excluding hydrogens is 164 g/mol. The van der Waals surface area contributed by atoms with Gasteiger partial charge >= 0.3 is 0 Å². The van der Waals surface area contributed by atoms with Crippen LogP contribution in [0.15, 0.2) is 4.79 Å². The van der Waals surface area contributed by atoms with Gasteiger partial charge in [0.25, 0.3) is 5.56 Å². The first-order chi connectivity index (χ1) is 6.00. The van der Waals surface area contributed by atoms with Gasteiger partial charge in [0.05, 0.1) is 0 Å². The summed E-state index contributed by atoms with van der Waals surface area (Å²) in [6.07, 6.45) is 0. The van der Waals surface area contributed by atoms with Crippen LogP contribution >= 0.6 is 0 Å². The third kappa shape index (κ3) is 1.25. The first-order valence-corrected chi connectivity index (χ1v) is 4.07. The van der Waals surface area contributed by atoms with Crippen LogP contribution < -0.4 is 5.56 Å². The average molecular weight is 176 g/mol. The molecule has 0 atom stereocenters. The lowest BCUT2D eigenvalue weighted by Gasteiger charge is -2.10. The smallest absolute Gasteiger partial charge is 0.268 e. The Kier molecular flexibility index (Phi) is 2.24. The van der Waals surface area contributed by atoms with Gasteiger partial charge in [0, 0.05) is 12.7 Å². The predicted molar refractivity (Wildman–Crippen MR) is 50.6 cm³/mol. The van der Waals surface area contributed by atoms with E-state index >= 15 is 0 Å². The summed E-state index contributed by atoms with van der Waals surface area (Å²) in [5.41, 5.74) is 2.77. The zero-order valence-electron chi connectivity index (χ0n) is 8.30. The van der Waals surface area contributed by atoms with E-state index in [0.29, 0.717) is 0 Å². The summed E-state index contributed by atoms with van der Waals surface area (Å²) in [4.78, 5) is 11.5. The molecule has 0 fully saturated rings. The van der Waals surface area contributed by atoms with Gasteiger partial charge in [-0.2, -0.15) is 5.26 Å². The molecule has 1 aromatic heterocycles. The van der Waals surface area contributed by atoms with E-state index in [-0.39, 0.29) is 11.1 Å². The Bertz CT molecular complexity index is 449. The Morgan fingerprint density at radius 2 is 1.77 bits per heavy atom. The van der Waals surface area contributed by atoms with Crippen molar-refractivity contribution in [1.82, 2.24) is 4.57 Å². The van der Waals surface area contributed by atoms with E-state index in [1.54, 1.807) is 7.05 Å². The molecular formula is C10H12N2O. The minimum atomic E-state index is -0.205. The third-order valence-corrected chi connectivity index (χ3v) is 2.61. The molecule has 0 aromatic carbocycles. The summed E-state index contributed by atoms with van der Waals surface area (Å²) >= 11 is 0. The molecule has 1 rings (SSSR count). The minimum absolute atomic E-state index is 0.205. The molecule has 0 N–H and O–H groups in total. The van der Waals surface area contributed by atoms with Gasteiger partial charge in [0.2, 0.25) is 0 Å². The number of hydrogen-bond acceptors (Lipinski definition) is 2. The number of rotatable bonds is 0. The topological polar surface area (TPSA) is 45.8 Å². The van der Waals surface area contributed by atoms with E-state index in [4.69, 9.17) is 5.26 Å². The van der Waals surface area contributed by atoms with Crippen molar-refractivity contribution in [3.63, 3.8) is 0 Å². The molecule has 0 aliphatic rings. The summed E-state index contributed by atoms with van der Waals surface area (Å²) < 4.78 is 1.51. The van der Waals surface area contributed by atoms with Gasteiger partial charge in [0.1, 0.15) is 11.6 Å². The molecule has 1 heterocycles. The van der Waals surface area contributed by atoms with Gasteiger partial charge in [-0.25, -0.2) is 0 Å². The van der Waals surface area contributed by atoms with Crippen LogP contribution in [0, 0.1) is 32.1 Å². The van der Waals surface area contributed by atoms with Crippen LogP contribution in [-0.4, -0.2) is 4.57 Å². The largest absolute Gasteiger partial charge is 0.315 e. The lowest BCUT2D eigenvalue weighted by molar-refractivity contribution is 0.798. The molecule has 0 spiro atoms. The number of nitrogens with zero attached hydrogens (tertiary/aromatic N) is 2. The Balaban J connectivity index is 3.80. The van der Waals surface area contributed by atoms with Crippen LogP contribution in [0.1, 0.15) is 22.4 Å². The summed E-state index contributed by atoms with van der Waals surface area (Å²) in [6, 6.07) is 1.94. The Labute approximate surface area is 77.2 Å². The fraction of sp³-hybridized carbons (Fsp3) is 0.400. The van der Waals surface area contributed by atoms with E-state index in [1.165, 1.54) is 4.57 Å². The molecule has 3 heteroatoms. The van der Waals surface area contributed by atoms with Gasteiger partial charge in [-0.1, -0.05) is 0 Å². The lowest BCUT2D eigenvalue weighted by Crippen LogP contribution is -2.24. The fourth-order valence-corrected chi connectivity index (χ4v) is 1.32. The van der Waals surface area contributed by atoms with Crippen LogP contribution in [0.4, 0.5) is 0 Å². The van der Waals surface area contributed by atoms with E-state index in [9.17, 15) is 4.79 Å². The van der Waals surface area contributed by atoms with Crippen LogP contribution in [0.2, 0.25) is 0 Å². The van der Waals surface area contributed by atoms with Crippen molar-refractivity contribution < 1.29 is 0 Å². The van der Waals surface area contributed by atoms with Crippen LogP contribution in [0.3, 0.4) is 0 Å². The zero-order chi connectivity index (χ0) is 10.2. The maximum Gasteiger partial charge on any atom is 0.268 e. The van der Waals surface area contributed by atoms with Crippen LogP contribution in [0.5, 0.6) is 0 Å². The molecule has 1 aromatic rings. The molecule has 0 amide bonds. The van der Waals surface area contributed by atoms with E-state index < -0.39 is 0 Å². The molecule has 68 valence electrons. The SMILES string of the molecule is Cc1c(C)c(C)n(C)c(=O)c1C#N. The quantitative estimate of drug-likeness (QED) is 0.596. The lowest BCUT2D eigenvalue weighted by atomic mass is 10.0. The Hall–Kier alpha value is -1.56. The van der Waals surface area contributed by atoms with E-state index in [1.807, 2.05) is 26.8 Å². The zero-order valence-corrected chi connectivity index (χ0v) is 8.30. The van der Waals surface area contributed by atoms with Gasteiger partial charge < -0.3 is 4.57 Å². The van der Waals surface area contributed by atoms with Crippen molar-refractivity contribution in [2.24, 2.45) is 7.05 Å². The summed E-state index contributed by atoms with van der Waals surface area (Å²) in [5, 5.41) is 8.78.